The molecule has 0 aliphatic heterocycles. The van der Waals surface area contributed by atoms with Gasteiger partial charge in [0.1, 0.15) is 0 Å². The summed E-state index contributed by atoms with van der Waals surface area (Å²) in [5.41, 5.74) is -0.247. The lowest BCUT2D eigenvalue weighted by molar-refractivity contribution is -0.129. The maximum absolute atomic E-state index is 11.7. The smallest absolute Gasteiger partial charge is 0.225 e. The van der Waals surface area contributed by atoms with E-state index in [-0.39, 0.29) is 11.3 Å². The molecule has 1 fully saturated rings. The Bertz CT molecular complexity index is 197. The summed E-state index contributed by atoms with van der Waals surface area (Å²) >= 11 is 0. The molecule has 1 aliphatic carbocycles. The molecule has 0 atom stereocenters. The summed E-state index contributed by atoms with van der Waals surface area (Å²) in [7, 11) is 0. The molecule has 1 amide bonds. The first-order valence-electron chi connectivity index (χ1n) is 5.70. The highest BCUT2D eigenvalue weighted by molar-refractivity contribution is 5.81. The van der Waals surface area contributed by atoms with E-state index in [2.05, 4.69) is 12.2 Å². The Hall–Kier alpha value is -0.530. The van der Waals surface area contributed by atoms with Gasteiger partial charge >= 0.3 is 0 Å². The molecule has 0 bridgehead atoms. The zero-order valence-corrected chi connectivity index (χ0v) is 9.89. The largest absolute Gasteiger partial charge is 0.353 e. The first-order valence-corrected chi connectivity index (χ1v) is 5.70. The molecule has 0 heterocycles. The second-order valence-corrected chi connectivity index (χ2v) is 5.68. The zero-order chi connectivity index (χ0) is 10.8. The topological polar surface area (TPSA) is 29.1 Å². The Morgan fingerprint density at radius 3 is 2.07 bits per heavy atom. The van der Waals surface area contributed by atoms with Crippen molar-refractivity contribution in [3.8, 4) is 0 Å². The highest BCUT2D eigenvalue weighted by Crippen LogP contribution is 2.24. The highest BCUT2D eigenvalue weighted by atomic mass is 16.2. The van der Waals surface area contributed by atoms with Crippen molar-refractivity contribution in [3.05, 3.63) is 0 Å². The monoisotopic (exact) mass is 197 g/mol. The molecule has 0 aromatic heterocycles. The molecule has 0 aromatic rings. The summed E-state index contributed by atoms with van der Waals surface area (Å²) in [4.78, 5) is 11.7. The van der Waals surface area contributed by atoms with Crippen LogP contribution in [-0.2, 0) is 4.79 Å². The average Bonchev–Trinajstić information content (AvgIpc) is 2.07. The third-order valence-electron chi connectivity index (χ3n) is 3.03. The van der Waals surface area contributed by atoms with E-state index in [4.69, 9.17) is 0 Å². The van der Waals surface area contributed by atoms with Crippen LogP contribution in [0.2, 0.25) is 0 Å². The fraction of sp³-hybridized carbons (Fsp3) is 0.917. The van der Waals surface area contributed by atoms with Crippen molar-refractivity contribution in [2.24, 2.45) is 11.3 Å². The predicted octanol–water partition coefficient (Wildman–Crippen LogP) is 2.73. The molecule has 1 aliphatic rings. The lowest BCUT2D eigenvalue weighted by atomic mass is 9.86. The Morgan fingerprint density at radius 2 is 1.64 bits per heavy atom. The molecule has 1 saturated carbocycles. The number of nitrogens with one attached hydrogen (secondary N) is 1. The molecule has 0 spiro atoms. The van der Waals surface area contributed by atoms with Crippen molar-refractivity contribution in [1.82, 2.24) is 5.32 Å². The molecule has 2 nitrogen and oxygen atoms in total. The zero-order valence-electron chi connectivity index (χ0n) is 9.89. The summed E-state index contributed by atoms with van der Waals surface area (Å²) in [5.74, 6) is 1.04. The van der Waals surface area contributed by atoms with Gasteiger partial charge in [0.2, 0.25) is 5.91 Å². The van der Waals surface area contributed by atoms with Gasteiger partial charge in [-0.15, -0.1) is 0 Å². The van der Waals surface area contributed by atoms with E-state index < -0.39 is 0 Å². The van der Waals surface area contributed by atoms with E-state index in [0.29, 0.717) is 6.04 Å². The summed E-state index contributed by atoms with van der Waals surface area (Å²) in [6.07, 6.45) is 4.83. The lowest BCUT2D eigenvalue weighted by Gasteiger charge is -2.29. The van der Waals surface area contributed by atoms with Crippen molar-refractivity contribution in [1.29, 1.82) is 0 Å². The van der Waals surface area contributed by atoms with Gasteiger partial charge in [-0.1, -0.05) is 27.7 Å². The van der Waals surface area contributed by atoms with Crippen LogP contribution in [0.3, 0.4) is 0 Å². The van der Waals surface area contributed by atoms with Crippen molar-refractivity contribution in [3.63, 3.8) is 0 Å². The van der Waals surface area contributed by atoms with Gasteiger partial charge in [-0.3, -0.25) is 4.79 Å². The van der Waals surface area contributed by atoms with Crippen LogP contribution in [-0.4, -0.2) is 11.9 Å². The SMILES string of the molecule is CC(C)(C)C(=O)N[C@H]1CC[C@@H](C)CC1. The van der Waals surface area contributed by atoms with Crippen LogP contribution in [0.5, 0.6) is 0 Å². The molecule has 14 heavy (non-hydrogen) atoms. The second-order valence-electron chi connectivity index (χ2n) is 5.68. The normalized spacial score (nSPS) is 28.6. The average molecular weight is 197 g/mol. The van der Waals surface area contributed by atoms with Gasteiger partial charge in [0, 0.05) is 11.5 Å². The van der Waals surface area contributed by atoms with E-state index in [1.54, 1.807) is 0 Å². The number of hydrogen-bond acceptors (Lipinski definition) is 1. The Kier molecular flexibility index (Phi) is 3.57. The van der Waals surface area contributed by atoms with Crippen molar-refractivity contribution in [2.75, 3.05) is 0 Å². The standard InChI is InChI=1S/C12H23NO/c1-9-5-7-10(8-6-9)13-11(14)12(2,3)4/h9-10H,5-8H2,1-4H3,(H,13,14)/t9-,10+. The van der Waals surface area contributed by atoms with Gasteiger partial charge in [0.15, 0.2) is 0 Å². The Balaban J connectivity index is 2.35. The second kappa shape index (κ2) is 4.33. The van der Waals surface area contributed by atoms with Crippen LogP contribution in [0.15, 0.2) is 0 Å². The van der Waals surface area contributed by atoms with E-state index >= 15 is 0 Å². The number of rotatable bonds is 1. The lowest BCUT2D eigenvalue weighted by Crippen LogP contribution is -2.43. The van der Waals surface area contributed by atoms with Crippen LogP contribution in [0, 0.1) is 11.3 Å². The van der Waals surface area contributed by atoms with Crippen molar-refractivity contribution in [2.45, 2.75) is 59.4 Å². The number of carbonyl (C=O) groups is 1. The number of amides is 1. The molecule has 0 aromatic carbocycles. The summed E-state index contributed by atoms with van der Waals surface area (Å²) in [5, 5.41) is 3.14. The minimum absolute atomic E-state index is 0.192. The maximum atomic E-state index is 11.7. The third kappa shape index (κ3) is 3.32. The maximum Gasteiger partial charge on any atom is 0.225 e. The molecular formula is C12H23NO. The van der Waals surface area contributed by atoms with Crippen molar-refractivity contribution >= 4 is 5.91 Å². The fourth-order valence-electron chi connectivity index (χ4n) is 1.81. The molecule has 0 saturated heterocycles. The highest BCUT2D eigenvalue weighted by Gasteiger charge is 2.25. The molecule has 1 rings (SSSR count). The van der Waals surface area contributed by atoms with Gasteiger partial charge in [0.25, 0.3) is 0 Å². The van der Waals surface area contributed by atoms with E-state index in [0.717, 1.165) is 18.8 Å². The number of carbonyl (C=O) groups excluding carboxylic acids is 1. The van der Waals surface area contributed by atoms with Crippen LogP contribution < -0.4 is 5.32 Å². The van der Waals surface area contributed by atoms with Crippen molar-refractivity contribution < 1.29 is 4.79 Å². The third-order valence-corrected chi connectivity index (χ3v) is 3.03. The Labute approximate surface area is 87.5 Å². The van der Waals surface area contributed by atoms with Gasteiger partial charge < -0.3 is 5.32 Å². The fourth-order valence-corrected chi connectivity index (χ4v) is 1.81. The first kappa shape index (κ1) is 11.5. The van der Waals surface area contributed by atoms with Crippen LogP contribution in [0.4, 0.5) is 0 Å². The first-order chi connectivity index (χ1) is 6.39. The molecule has 0 radical (unpaired) electrons. The van der Waals surface area contributed by atoms with Crippen LogP contribution in [0.1, 0.15) is 53.4 Å². The van der Waals surface area contributed by atoms with E-state index in [9.17, 15) is 4.79 Å². The van der Waals surface area contributed by atoms with E-state index in [1.807, 2.05) is 20.8 Å². The number of hydrogen-bond donors (Lipinski definition) is 1. The molecule has 82 valence electrons. The minimum Gasteiger partial charge on any atom is -0.353 e. The van der Waals surface area contributed by atoms with Crippen LogP contribution in [0.25, 0.3) is 0 Å². The summed E-state index contributed by atoms with van der Waals surface area (Å²) < 4.78 is 0. The van der Waals surface area contributed by atoms with Gasteiger partial charge in [-0.2, -0.15) is 0 Å². The Morgan fingerprint density at radius 1 is 1.14 bits per heavy atom. The van der Waals surface area contributed by atoms with Gasteiger partial charge in [-0.25, -0.2) is 0 Å². The summed E-state index contributed by atoms with van der Waals surface area (Å²) in [6.45, 7) is 8.19. The molecule has 0 unspecified atom stereocenters. The molecule has 1 N–H and O–H groups in total. The minimum atomic E-state index is -0.247. The molecule has 2 heteroatoms. The quantitative estimate of drug-likeness (QED) is 0.688. The van der Waals surface area contributed by atoms with Gasteiger partial charge in [-0.05, 0) is 31.6 Å². The summed E-state index contributed by atoms with van der Waals surface area (Å²) in [6, 6.07) is 0.429. The predicted molar refractivity (Wildman–Crippen MR) is 59.0 cm³/mol. The molecular weight excluding hydrogens is 174 g/mol. The van der Waals surface area contributed by atoms with Crippen LogP contribution >= 0.6 is 0 Å². The van der Waals surface area contributed by atoms with E-state index in [1.165, 1.54) is 12.8 Å². The van der Waals surface area contributed by atoms with Gasteiger partial charge in [0.05, 0.1) is 0 Å².